The zero-order valence-corrected chi connectivity index (χ0v) is 11.0. The van der Waals surface area contributed by atoms with Gasteiger partial charge < -0.3 is 9.84 Å². The molecule has 0 saturated heterocycles. The first kappa shape index (κ1) is 13.1. The molecule has 0 unspecified atom stereocenters. The molecule has 0 spiro atoms. The maximum atomic E-state index is 10.8. The highest BCUT2D eigenvalue weighted by atomic mass is 16.5. The summed E-state index contributed by atoms with van der Waals surface area (Å²) in [5.41, 5.74) is 2.00. The van der Waals surface area contributed by atoms with Gasteiger partial charge in [0, 0.05) is 7.05 Å². The van der Waals surface area contributed by atoms with Crippen LogP contribution < -0.4 is 4.74 Å². The van der Waals surface area contributed by atoms with Crippen LogP contribution in [-0.4, -0.2) is 20.9 Å². The maximum absolute atomic E-state index is 10.8. The fourth-order valence-corrected chi connectivity index (χ4v) is 1.72. The van der Waals surface area contributed by atoms with E-state index in [4.69, 9.17) is 9.84 Å². The monoisotopic (exact) mass is 260 g/mol. The topological polar surface area (TPSA) is 64.3 Å². The second-order valence-electron chi connectivity index (χ2n) is 4.24. The highest BCUT2D eigenvalue weighted by Crippen LogP contribution is 2.14. The molecule has 0 saturated carbocycles. The van der Waals surface area contributed by atoms with Crippen molar-refractivity contribution in [3.63, 3.8) is 0 Å². The molecule has 0 aliphatic carbocycles. The van der Waals surface area contributed by atoms with Crippen LogP contribution in [0.15, 0.2) is 30.3 Å². The Labute approximate surface area is 111 Å². The van der Waals surface area contributed by atoms with Crippen LogP contribution in [0.4, 0.5) is 0 Å². The first-order chi connectivity index (χ1) is 9.10. The fourth-order valence-electron chi connectivity index (χ4n) is 1.72. The molecule has 19 heavy (non-hydrogen) atoms. The third-order valence-electron chi connectivity index (χ3n) is 2.91. The SMILES string of the molecule is CCc1ccc(OCc2cc(C(=O)O)nn2C)cc1. The average Bonchev–Trinajstić information content (AvgIpc) is 2.79. The first-order valence-corrected chi connectivity index (χ1v) is 6.08. The van der Waals surface area contributed by atoms with Crippen LogP contribution in [-0.2, 0) is 20.1 Å². The quantitative estimate of drug-likeness (QED) is 0.895. The molecular weight excluding hydrogens is 244 g/mol. The standard InChI is InChI=1S/C14H16N2O3/c1-3-10-4-6-12(7-5-10)19-9-11-8-13(14(17)18)15-16(11)2/h4-8H,3,9H2,1-2H3,(H,17,18). The summed E-state index contributed by atoms with van der Waals surface area (Å²) in [7, 11) is 1.70. The third-order valence-corrected chi connectivity index (χ3v) is 2.91. The van der Waals surface area contributed by atoms with E-state index in [1.165, 1.54) is 16.3 Å². The van der Waals surface area contributed by atoms with Crippen LogP contribution in [0.3, 0.4) is 0 Å². The average molecular weight is 260 g/mol. The number of hydrogen-bond acceptors (Lipinski definition) is 3. The van der Waals surface area contributed by atoms with Gasteiger partial charge in [-0.05, 0) is 30.2 Å². The Bertz CT molecular complexity index is 573. The zero-order chi connectivity index (χ0) is 13.8. The van der Waals surface area contributed by atoms with Gasteiger partial charge in [0.15, 0.2) is 5.69 Å². The van der Waals surface area contributed by atoms with E-state index in [9.17, 15) is 4.79 Å². The molecule has 0 aliphatic heterocycles. The van der Waals surface area contributed by atoms with E-state index in [1.54, 1.807) is 7.05 Å². The van der Waals surface area contributed by atoms with Gasteiger partial charge in [0.2, 0.25) is 0 Å². The zero-order valence-electron chi connectivity index (χ0n) is 11.0. The molecule has 0 amide bonds. The highest BCUT2D eigenvalue weighted by molar-refractivity contribution is 5.85. The third kappa shape index (κ3) is 3.13. The lowest BCUT2D eigenvalue weighted by molar-refractivity contribution is 0.0689. The van der Waals surface area contributed by atoms with Crippen molar-refractivity contribution < 1.29 is 14.6 Å². The summed E-state index contributed by atoms with van der Waals surface area (Å²) in [4.78, 5) is 10.8. The molecule has 2 aromatic rings. The van der Waals surface area contributed by atoms with E-state index in [0.717, 1.165) is 17.9 Å². The number of nitrogens with zero attached hydrogens (tertiary/aromatic N) is 2. The Balaban J connectivity index is 2.03. The van der Waals surface area contributed by atoms with Crippen LogP contribution in [0, 0.1) is 0 Å². The van der Waals surface area contributed by atoms with Gasteiger partial charge in [-0.1, -0.05) is 19.1 Å². The van der Waals surface area contributed by atoms with E-state index >= 15 is 0 Å². The highest BCUT2D eigenvalue weighted by Gasteiger charge is 2.11. The molecule has 5 heteroatoms. The Hall–Kier alpha value is -2.30. The molecule has 1 aromatic carbocycles. The molecule has 1 heterocycles. The van der Waals surface area contributed by atoms with Crippen molar-refractivity contribution in [2.75, 3.05) is 0 Å². The second kappa shape index (κ2) is 5.56. The van der Waals surface area contributed by atoms with Crippen molar-refractivity contribution in [1.29, 1.82) is 0 Å². The molecular formula is C14H16N2O3. The molecule has 100 valence electrons. The number of benzene rings is 1. The minimum atomic E-state index is -1.03. The van der Waals surface area contributed by atoms with Crippen molar-refractivity contribution in [3.05, 3.63) is 47.3 Å². The Morgan fingerprint density at radius 3 is 2.58 bits per heavy atom. The normalized spacial score (nSPS) is 10.4. The predicted octanol–water partition coefficient (Wildman–Crippen LogP) is 2.26. The van der Waals surface area contributed by atoms with E-state index < -0.39 is 5.97 Å². The number of aromatic carboxylic acids is 1. The number of carbonyl (C=O) groups is 1. The van der Waals surface area contributed by atoms with Gasteiger partial charge in [-0.25, -0.2) is 4.79 Å². The van der Waals surface area contributed by atoms with E-state index in [2.05, 4.69) is 12.0 Å². The van der Waals surface area contributed by atoms with Crippen LogP contribution >= 0.6 is 0 Å². The van der Waals surface area contributed by atoms with Crippen molar-refractivity contribution in [3.8, 4) is 5.75 Å². The lowest BCUT2D eigenvalue weighted by Gasteiger charge is -2.06. The fraction of sp³-hybridized carbons (Fsp3) is 0.286. The van der Waals surface area contributed by atoms with E-state index in [-0.39, 0.29) is 5.69 Å². The van der Waals surface area contributed by atoms with Crippen LogP contribution in [0.5, 0.6) is 5.75 Å². The van der Waals surface area contributed by atoms with E-state index in [0.29, 0.717) is 6.61 Å². The number of rotatable bonds is 5. The minimum absolute atomic E-state index is 0.0300. The predicted molar refractivity (Wildman–Crippen MR) is 70.3 cm³/mol. The van der Waals surface area contributed by atoms with Crippen LogP contribution in [0.2, 0.25) is 0 Å². The smallest absolute Gasteiger partial charge is 0.356 e. The van der Waals surface area contributed by atoms with Gasteiger partial charge in [0.1, 0.15) is 12.4 Å². The summed E-state index contributed by atoms with van der Waals surface area (Å²) >= 11 is 0. The number of hydrogen-bond donors (Lipinski definition) is 1. The van der Waals surface area contributed by atoms with Gasteiger partial charge in [0.25, 0.3) is 0 Å². The van der Waals surface area contributed by atoms with Gasteiger partial charge in [-0.2, -0.15) is 5.10 Å². The summed E-state index contributed by atoms with van der Waals surface area (Å²) in [5, 5.41) is 12.7. The summed E-state index contributed by atoms with van der Waals surface area (Å²) in [6.07, 6.45) is 0.990. The summed E-state index contributed by atoms with van der Waals surface area (Å²) < 4.78 is 7.13. The Morgan fingerprint density at radius 2 is 2.05 bits per heavy atom. The lowest BCUT2D eigenvalue weighted by Crippen LogP contribution is -2.03. The Kier molecular flexibility index (Phi) is 3.85. The van der Waals surface area contributed by atoms with Gasteiger partial charge in [-0.3, -0.25) is 4.68 Å². The molecule has 2 rings (SSSR count). The number of ether oxygens (including phenoxy) is 1. The minimum Gasteiger partial charge on any atom is -0.487 e. The van der Waals surface area contributed by atoms with Crippen molar-refractivity contribution in [1.82, 2.24) is 9.78 Å². The number of aromatic nitrogens is 2. The summed E-state index contributed by atoms with van der Waals surface area (Å²) in [5.74, 6) is -0.274. The molecule has 0 fully saturated rings. The molecule has 0 radical (unpaired) electrons. The maximum Gasteiger partial charge on any atom is 0.356 e. The molecule has 0 aliphatic rings. The van der Waals surface area contributed by atoms with Crippen molar-refractivity contribution in [2.45, 2.75) is 20.0 Å². The molecule has 5 nitrogen and oxygen atoms in total. The van der Waals surface area contributed by atoms with Gasteiger partial charge in [-0.15, -0.1) is 0 Å². The molecule has 1 aromatic heterocycles. The largest absolute Gasteiger partial charge is 0.487 e. The molecule has 1 N–H and O–H groups in total. The summed E-state index contributed by atoms with van der Waals surface area (Å²) in [6.45, 7) is 2.39. The van der Waals surface area contributed by atoms with E-state index in [1.807, 2.05) is 24.3 Å². The number of carboxylic acids is 1. The molecule has 0 atom stereocenters. The van der Waals surface area contributed by atoms with Crippen LogP contribution in [0.1, 0.15) is 28.7 Å². The Morgan fingerprint density at radius 1 is 1.37 bits per heavy atom. The summed E-state index contributed by atoms with van der Waals surface area (Å²) in [6, 6.07) is 9.37. The van der Waals surface area contributed by atoms with Crippen LogP contribution in [0.25, 0.3) is 0 Å². The first-order valence-electron chi connectivity index (χ1n) is 6.08. The number of carboxylic acid groups (broad SMARTS) is 1. The number of aryl methyl sites for hydroxylation is 2. The molecule has 0 bridgehead atoms. The second-order valence-corrected chi connectivity index (χ2v) is 4.24. The van der Waals surface area contributed by atoms with Gasteiger partial charge in [0.05, 0.1) is 5.69 Å². The lowest BCUT2D eigenvalue weighted by atomic mass is 10.2. The van der Waals surface area contributed by atoms with Crippen molar-refractivity contribution >= 4 is 5.97 Å². The van der Waals surface area contributed by atoms with Gasteiger partial charge >= 0.3 is 5.97 Å². The van der Waals surface area contributed by atoms with Crippen molar-refractivity contribution in [2.24, 2.45) is 7.05 Å².